The average Bonchev–Trinajstić information content (AvgIpc) is 3.53. The van der Waals surface area contributed by atoms with Gasteiger partial charge < -0.3 is 18.9 Å². The SMILES string of the molecule is CC(C)[C@]12O[C@H]1[C@@H]1O[C@]13[C@]1(O[C@H]1C[C@H]1C4=C(CC[C@@]13C)C(=O)OC4)[C@@H]2CC(=O)Cl. The van der Waals surface area contributed by atoms with E-state index in [-0.39, 0.29) is 59.1 Å². The molecule has 4 heterocycles. The summed E-state index contributed by atoms with van der Waals surface area (Å²) in [6.45, 7) is 7.01. The maximum atomic E-state index is 12.2. The first-order chi connectivity index (χ1) is 13.7. The third kappa shape index (κ3) is 1.60. The number of esters is 1. The van der Waals surface area contributed by atoms with E-state index in [9.17, 15) is 9.59 Å². The monoisotopic (exact) mass is 420 g/mol. The van der Waals surface area contributed by atoms with Gasteiger partial charge in [0.1, 0.15) is 35.6 Å². The van der Waals surface area contributed by atoms with Crippen LogP contribution in [0.1, 0.15) is 46.5 Å². The molecule has 2 spiro atoms. The normalized spacial score (nSPS) is 57.7. The zero-order valence-electron chi connectivity index (χ0n) is 16.8. The van der Waals surface area contributed by atoms with Crippen LogP contribution in [0, 0.1) is 23.2 Å². The van der Waals surface area contributed by atoms with Crippen molar-refractivity contribution in [2.24, 2.45) is 23.2 Å². The number of carbonyl (C=O) groups excluding carboxylic acids is 2. The van der Waals surface area contributed by atoms with E-state index in [1.54, 1.807) is 0 Å². The van der Waals surface area contributed by atoms with Crippen LogP contribution in [0.15, 0.2) is 11.1 Å². The van der Waals surface area contributed by atoms with E-state index in [1.807, 2.05) is 0 Å². The highest BCUT2D eigenvalue weighted by Gasteiger charge is 2.99. The van der Waals surface area contributed by atoms with Crippen molar-refractivity contribution in [2.45, 2.75) is 81.6 Å². The summed E-state index contributed by atoms with van der Waals surface area (Å²) < 4.78 is 25.0. The third-order valence-electron chi connectivity index (χ3n) is 9.69. The molecule has 2 saturated carbocycles. The Morgan fingerprint density at radius 1 is 1.24 bits per heavy atom. The Morgan fingerprint density at radius 2 is 2.03 bits per heavy atom. The van der Waals surface area contributed by atoms with Gasteiger partial charge in [-0.15, -0.1) is 0 Å². The maximum Gasteiger partial charge on any atom is 0.334 e. The standard InChI is InChI=1S/C22H25ClO6/c1-9(2)20-13(7-15(23)24)21-14(27-21)6-12-11-8-26-18(25)10(11)4-5-19(12,3)22(21)17(29-22)16(20)28-20/h9,12-14,16-17H,4-8H2,1-3H3/t12-,13+,14-,16-,17-,19-,20+,21-,22+/m0/s1. The molecule has 0 amide bonds. The second kappa shape index (κ2) is 4.77. The van der Waals surface area contributed by atoms with Gasteiger partial charge in [-0.1, -0.05) is 20.8 Å². The fourth-order valence-corrected chi connectivity index (χ4v) is 8.60. The van der Waals surface area contributed by atoms with Gasteiger partial charge in [0.2, 0.25) is 5.24 Å². The molecule has 0 aromatic heterocycles. The molecule has 0 N–H and O–H groups in total. The second-order valence-corrected chi connectivity index (χ2v) is 11.0. The van der Waals surface area contributed by atoms with E-state index < -0.39 is 16.8 Å². The minimum absolute atomic E-state index is 0.00796. The van der Waals surface area contributed by atoms with Crippen LogP contribution < -0.4 is 0 Å². The molecule has 3 saturated heterocycles. The molecule has 29 heavy (non-hydrogen) atoms. The molecule has 0 bridgehead atoms. The number of epoxide rings is 3. The summed E-state index contributed by atoms with van der Waals surface area (Å²) >= 11 is 5.94. The Balaban J connectivity index is 1.38. The lowest BCUT2D eigenvalue weighted by molar-refractivity contribution is -0.136. The fraction of sp³-hybridized carbons (Fsp3) is 0.818. The zero-order valence-corrected chi connectivity index (χ0v) is 17.6. The molecule has 0 aromatic rings. The largest absolute Gasteiger partial charge is 0.458 e. The summed E-state index contributed by atoms with van der Waals surface area (Å²) in [5, 5.41) is -0.335. The summed E-state index contributed by atoms with van der Waals surface area (Å²) in [5.74, 6) is 0.214. The molecule has 9 atom stereocenters. The van der Waals surface area contributed by atoms with Crippen molar-refractivity contribution in [3.8, 4) is 0 Å². The Bertz CT molecular complexity index is 928. The van der Waals surface area contributed by atoms with Crippen LogP contribution in [-0.2, 0) is 28.5 Å². The van der Waals surface area contributed by atoms with Crippen LogP contribution in [0.25, 0.3) is 0 Å². The van der Waals surface area contributed by atoms with E-state index in [0.29, 0.717) is 6.61 Å². The molecule has 5 fully saturated rings. The Morgan fingerprint density at radius 3 is 2.76 bits per heavy atom. The first-order valence-corrected chi connectivity index (χ1v) is 11.2. The van der Waals surface area contributed by atoms with Crippen molar-refractivity contribution in [2.75, 3.05) is 6.61 Å². The molecule has 6 nitrogen and oxygen atoms in total. The van der Waals surface area contributed by atoms with Crippen molar-refractivity contribution < 1.29 is 28.5 Å². The number of hydrogen-bond donors (Lipinski definition) is 0. The van der Waals surface area contributed by atoms with E-state index in [0.717, 1.165) is 30.4 Å². The van der Waals surface area contributed by atoms with E-state index in [4.69, 9.17) is 30.5 Å². The van der Waals surface area contributed by atoms with Gasteiger partial charge in [0, 0.05) is 23.3 Å². The Labute approximate surface area is 174 Å². The second-order valence-electron chi connectivity index (χ2n) is 10.6. The van der Waals surface area contributed by atoms with E-state index in [1.165, 1.54) is 0 Å². The van der Waals surface area contributed by atoms with Crippen LogP contribution in [0.3, 0.4) is 0 Å². The quantitative estimate of drug-likeness (QED) is 0.396. The Kier molecular flexibility index (Phi) is 2.91. The molecule has 7 aliphatic rings. The van der Waals surface area contributed by atoms with Gasteiger partial charge in [0.05, 0.1) is 6.10 Å². The van der Waals surface area contributed by atoms with E-state index >= 15 is 0 Å². The lowest BCUT2D eigenvalue weighted by Crippen LogP contribution is -2.67. The molecule has 3 aliphatic carbocycles. The topological polar surface area (TPSA) is 81.0 Å². The molecule has 7 heteroatoms. The molecular weight excluding hydrogens is 396 g/mol. The third-order valence-corrected chi connectivity index (χ3v) is 9.85. The highest BCUT2D eigenvalue weighted by Crippen LogP contribution is 2.84. The average molecular weight is 421 g/mol. The van der Waals surface area contributed by atoms with Crippen LogP contribution in [0.5, 0.6) is 0 Å². The summed E-state index contributed by atoms with van der Waals surface area (Å²) in [5.41, 5.74) is 0.495. The summed E-state index contributed by atoms with van der Waals surface area (Å²) in [4.78, 5) is 24.3. The molecular formula is C22H25ClO6. The van der Waals surface area contributed by atoms with Crippen molar-refractivity contribution in [3.63, 3.8) is 0 Å². The predicted octanol–water partition coefficient (Wildman–Crippen LogP) is 2.51. The van der Waals surface area contributed by atoms with Gasteiger partial charge >= 0.3 is 5.97 Å². The maximum absolute atomic E-state index is 12.2. The molecule has 0 unspecified atom stereocenters. The lowest BCUT2D eigenvalue weighted by Gasteiger charge is -2.54. The van der Waals surface area contributed by atoms with Gasteiger partial charge in [0.25, 0.3) is 0 Å². The predicted molar refractivity (Wildman–Crippen MR) is 100 cm³/mol. The summed E-state index contributed by atoms with van der Waals surface area (Å²) in [6, 6.07) is 0. The minimum Gasteiger partial charge on any atom is -0.458 e. The molecule has 0 aromatic carbocycles. The molecule has 4 aliphatic heterocycles. The van der Waals surface area contributed by atoms with Gasteiger partial charge in [-0.2, -0.15) is 0 Å². The molecule has 0 radical (unpaired) electrons. The summed E-state index contributed by atoms with van der Waals surface area (Å²) in [6.07, 6.45) is 2.67. The number of carbonyl (C=O) groups is 2. The van der Waals surface area contributed by atoms with Gasteiger partial charge in [-0.05, 0) is 48.3 Å². The highest BCUT2D eigenvalue weighted by atomic mass is 35.5. The highest BCUT2D eigenvalue weighted by molar-refractivity contribution is 6.63. The number of fused-ring (bicyclic) bond motifs is 4. The molecule has 156 valence electrons. The van der Waals surface area contributed by atoms with Gasteiger partial charge in [-0.3, -0.25) is 4.79 Å². The first kappa shape index (κ1) is 17.7. The van der Waals surface area contributed by atoms with Crippen molar-refractivity contribution in [1.82, 2.24) is 0 Å². The molecule has 7 rings (SSSR count). The van der Waals surface area contributed by atoms with Crippen LogP contribution in [-0.4, -0.2) is 52.9 Å². The van der Waals surface area contributed by atoms with Crippen LogP contribution in [0.4, 0.5) is 0 Å². The first-order valence-electron chi connectivity index (χ1n) is 10.8. The fourth-order valence-electron chi connectivity index (χ4n) is 8.44. The van der Waals surface area contributed by atoms with E-state index in [2.05, 4.69) is 20.8 Å². The van der Waals surface area contributed by atoms with Gasteiger partial charge in [-0.25, -0.2) is 4.79 Å². The van der Waals surface area contributed by atoms with Gasteiger partial charge in [0.15, 0.2) is 0 Å². The van der Waals surface area contributed by atoms with Crippen LogP contribution in [0.2, 0.25) is 0 Å². The zero-order chi connectivity index (χ0) is 20.1. The lowest BCUT2D eigenvalue weighted by atomic mass is 9.45. The van der Waals surface area contributed by atoms with Crippen molar-refractivity contribution >= 4 is 22.8 Å². The van der Waals surface area contributed by atoms with Crippen molar-refractivity contribution in [1.29, 1.82) is 0 Å². The number of cyclic esters (lactones) is 1. The number of ether oxygens (including phenoxy) is 4. The van der Waals surface area contributed by atoms with Crippen molar-refractivity contribution in [3.05, 3.63) is 11.1 Å². The Hall–Kier alpha value is -0.950. The minimum atomic E-state index is -0.508. The summed E-state index contributed by atoms with van der Waals surface area (Å²) in [7, 11) is 0. The number of hydrogen-bond acceptors (Lipinski definition) is 6. The number of rotatable bonds is 3. The van der Waals surface area contributed by atoms with Crippen LogP contribution >= 0.6 is 11.6 Å². The smallest absolute Gasteiger partial charge is 0.334 e. The number of halogens is 1.